The summed E-state index contributed by atoms with van der Waals surface area (Å²) in [5.41, 5.74) is -2.45. The summed E-state index contributed by atoms with van der Waals surface area (Å²) in [6.07, 6.45) is -4.89. The summed E-state index contributed by atoms with van der Waals surface area (Å²) in [6.45, 7) is -1.84. The van der Waals surface area contributed by atoms with Gasteiger partial charge in [-0.1, -0.05) is 29.3 Å². The van der Waals surface area contributed by atoms with Crippen LogP contribution in [0.25, 0.3) is 0 Å². The van der Waals surface area contributed by atoms with Crippen molar-refractivity contribution in [3.05, 3.63) is 33.8 Å². The minimum Gasteiger partial charge on any atom is -0.467 e. The Morgan fingerprint density at radius 3 is 2.50 bits per heavy atom. The Bertz CT molecular complexity index is 709. The van der Waals surface area contributed by atoms with E-state index < -0.39 is 42.9 Å². The molecule has 26 heavy (non-hydrogen) atoms. The average Bonchev–Trinajstić information content (AvgIpc) is 2.51. The van der Waals surface area contributed by atoms with Gasteiger partial charge in [0.25, 0.3) is 0 Å². The Morgan fingerprint density at radius 2 is 2.00 bits per heavy atom. The summed E-state index contributed by atoms with van der Waals surface area (Å²) < 4.78 is 42.5. The van der Waals surface area contributed by atoms with E-state index in [9.17, 15) is 27.9 Å². The fourth-order valence-corrected chi connectivity index (χ4v) is 2.88. The predicted molar refractivity (Wildman–Crippen MR) is 87.1 cm³/mol. The van der Waals surface area contributed by atoms with Gasteiger partial charge in [0, 0.05) is 16.5 Å². The fraction of sp³-hybridized carbons (Fsp3) is 0.467. The van der Waals surface area contributed by atoms with Crippen molar-refractivity contribution >= 4 is 35.2 Å². The number of benzene rings is 1. The first kappa shape index (κ1) is 20.6. The van der Waals surface area contributed by atoms with Crippen LogP contribution in [0.5, 0.6) is 0 Å². The minimum absolute atomic E-state index is 0.0498. The number of amides is 2. The third-order valence-corrected chi connectivity index (χ3v) is 4.53. The quantitative estimate of drug-likeness (QED) is 0.741. The largest absolute Gasteiger partial charge is 0.467 e. The maximum absolute atomic E-state index is 12.6. The number of carbonyl (C=O) groups excluding carboxylic acids is 2. The number of aliphatic hydroxyl groups is 1. The molecule has 0 unspecified atom stereocenters. The molecule has 11 heteroatoms. The molecule has 0 spiro atoms. The van der Waals surface area contributed by atoms with Crippen LogP contribution >= 0.6 is 23.2 Å². The van der Waals surface area contributed by atoms with Gasteiger partial charge in [-0.2, -0.15) is 13.2 Å². The number of nitrogens with one attached hydrogen (secondary N) is 1. The average molecular weight is 415 g/mol. The van der Waals surface area contributed by atoms with Crippen LogP contribution in [0.1, 0.15) is 5.56 Å². The van der Waals surface area contributed by atoms with E-state index in [0.717, 1.165) is 12.0 Å². The molecule has 144 valence electrons. The first-order valence-corrected chi connectivity index (χ1v) is 8.09. The number of urea groups is 1. The van der Waals surface area contributed by atoms with Gasteiger partial charge in [0.15, 0.2) is 5.60 Å². The molecule has 0 saturated carbocycles. The lowest BCUT2D eigenvalue weighted by Crippen LogP contribution is -2.72. The summed E-state index contributed by atoms with van der Waals surface area (Å²) in [5, 5.41) is 12.3. The lowest BCUT2D eigenvalue weighted by molar-refractivity contribution is -0.294. The summed E-state index contributed by atoms with van der Waals surface area (Å²) in [7, 11) is 1.11. The highest BCUT2D eigenvalue weighted by atomic mass is 35.5. The number of likely N-dealkylation sites (tertiary alicyclic amines) is 1. The van der Waals surface area contributed by atoms with E-state index in [1.165, 1.54) is 12.1 Å². The number of hydrogen-bond acceptors (Lipinski definition) is 4. The molecule has 0 radical (unpaired) electrons. The molecule has 0 bridgehead atoms. The summed E-state index contributed by atoms with van der Waals surface area (Å²) in [5.74, 6) is -0.795. The van der Waals surface area contributed by atoms with Crippen molar-refractivity contribution in [2.75, 3.05) is 20.2 Å². The van der Waals surface area contributed by atoms with Crippen LogP contribution < -0.4 is 5.32 Å². The van der Waals surface area contributed by atoms with Crippen molar-refractivity contribution in [1.82, 2.24) is 10.2 Å². The monoisotopic (exact) mass is 414 g/mol. The van der Waals surface area contributed by atoms with Gasteiger partial charge in [0.1, 0.15) is 6.04 Å². The molecule has 2 rings (SSSR count). The molecule has 1 aromatic carbocycles. The Labute approximate surface area is 156 Å². The third-order valence-electron chi connectivity index (χ3n) is 3.94. The molecule has 1 saturated heterocycles. The van der Waals surface area contributed by atoms with Crippen molar-refractivity contribution in [3.8, 4) is 0 Å². The normalized spacial score (nSPS) is 17.3. The molecule has 0 aliphatic carbocycles. The second-order valence-electron chi connectivity index (χ2n) is 5.85. The number of halogens is 5. The second kappa shape index (κ2) is 7.50. The van der Waals surface area contributed by atoms with Gasteiger partial charge in [-0.15, -0.1) is 0 Å². The fourth-order valence-electron chi connectivity index (χ4n) is 2.39. The van der Waals surface area contributed by atoms with Crippen molar-refractivity contribution in [3.63, 3.8) is 0 Å². The van der Waals surface area contributed by atoms with Gasteiger partial charge in [-0.25, -0.2) is 9.59 Å². The van der Waals surface area contributed by atoms with Crippen LogP contribution in [0.4, 0.5) is 18.0 Å². The van der Waals surface area contributed by atoms with Crippen LogP contribution in [0, 0.1) is 0 Å². The van der Waals surface area contributed by atoms with E-state index in [1.807, 2.05) is 0 Å². The van der Waals surface area contributed by atoms with E-state index in [0.29, 0.717) is 10.6 Å². The van der Waals surface area contributed by atoms with Gasteiger partial charge >= 0.3 is 18.2 Å². The number of rotatable bonds is 4. The zero-order valence-electron chi connectivity index (χ0n) is 13.4. The number of ether oxygens (including phenoxy) is 1. The van der Waals surface area contributed by atoms with E-state index >= 15 is 0 Å². The molecule has 0 aromatic heterocycles. The van der Waals surface area contributed by atoms with Gasteiger partial charge in [0.2, 0.25) is 0 Å². The van der Waals surface area contributed by atoms with Gasteiger partial charge < -0.3 is 20.1 Å². The van der Waals surface area contributed by atoms with E-state index in [2.05, 4.69) is 10.1 Å². The van der Waals surface area contributed by atoms with Crippen LogP contribution in [0.15, 0.2) is 18.2 Å². The number of esters is 1. The lowest BCUT2D eigenvalue weighted by atomic mass is 9.94. The highest BCUT2D eigenvalue weighted by Crippen LogP contribution is 2.37. The SMILES string of the molecule is COC(=O)[C@@H](Cc1ccc(Cl)cc1Cl)NC(=O)N1CC(O)(C(F)(F)F)C1. The minimum atomic E-state index is -4.84. The molecule has 2 N–H and O–H groups in total. The molecule has 1 aliphatic heterocycles. The number of methoxy groups -OCH3 is 1. The van der Waals surface area contributed by atoms with Crippen LogP contribution in [-0.4, -0.2) is 60.0 Å². The standard InChI is InChI=1S/C15H15Cl2F3N2O4/c1-26-12(23)11(4-8-2-3-9(16)5-10(8)17)21-13(24)22-6-14(25,7-22)15(18,19)20/h2-3,5,11,25H,4,6-7H2,1H3,(H,21,24)/t11-/m1/s1. The van der Waals surface area contributed by atoms with Gasteiger partial charge in [-0.3, -0.25) is 0 Å². The molecular weight excluding hydrogens is 400 g/mol. The summed E-state index contributed by atoms with van der Waals surface area (Å²) in [6, 6.07) is 2.44. The smallest absolute Gasteiger partial charge is 0.420 e. The van der Waals surface area contributed by atoms with E-state index in [1.54, 1.807) is 6.07 Å². The molecule has 1 aromatic rings. The Morgan fingerprint density at radius 1 is 1.38 bits per heavy atom. The third kappa shape index (κ3) is 4.33. The molecule has 1 atom stereocenters. The molecule has 2 amide bonds. The van der Waals surface area contributed by atoms with Crippen molar-refractivity contribution in [2.45, 2.75) is 24.2 Å². The Kier molecular flexibility index (Phi) is 5.94. The molecule has 1 fully saturated rings. The first-order chi connectivity index (χ1) is 12.0. The van der Waals surface area contributed by atoms with Gasteiger partial charge in [-0.05, 0) is 17.7 Å². The maximum atomic E-state index is 12.6. The van der Waals surface area contributed by atoms with Crippen molar-refractivity contribution in [1.29, 1.82) is 0 Å². The Hall–Kier alpha value is -1.71. The molecule has 6 nitrogen and oxygen atoms in total. The number of nitrogens with zero attached hydrogens (tertiary/aromatic N) is 1. The van der Waals surface area contributed by atoms with Crippen molar-refractivity contribution < 1.29 is 32.6 Å². The second-order valence-corrected chi connectivity index (χ2v) is 6.69. The summed E-state index contributed by atoms with van der Waals surface area (Å²) in [4.78, 5) is 24.7. The summed E-state index contributed by atoms with van der Waals surface area (Å²) >= 11 is 11.8. The predicted octanol–water partition coefficient (Wildman–Crippen LogP) is 2.40. The van der Waals surface area contributed by atoms with Crippen molar-refractivity contribution in [2.24, 2.45) is 0 Å². The maximum Gasteiger partial charge on any atom is 0.420 e. The highest BCUT2D eigenvalue weighted by Gasteiger charge is 2.62. The van der Waals surface area contributed by atoms with Crippen LogP contribution in [0.3, 0.4) is 0 Å². The van der Waals surface area contributed by atoms with Crippen LogP contribution in [-0.2, 0) is 16.0 Å². The number of β-amino-alcohol motifs (C(OH)–C–C–N with tert-alkyl or cyclic N) is 1. The Balaban J connectivity index is 2.05. The number of alkyl halides is 3. The van der Waals surface area contributed by atoms with Crippen LogP contribution in [0.2, 0.25) is 10.0 Å². The zero-order chi connectivity index (χ0) is 19.7. The highest BCUT2D eigenvalue weighted by molar-refractivity contribution is 6.35. The lowest BCUT2D eigenvalue weighted by Gasteiger charge is -2.46. The molecule has 1 heterocycles. The number of hydrogen-bond donors (Lipinski definition) is 2. The molecular formula is C15H15Cl2F3N2O4. The zero-order valence-corrected chi connectivity index (χ0v) is 15.0. The van der Waals surface area contributed by atoms with Gasteiger partial charge in [0.05, 0.1) is 20.2 Å². The van der Waals surface area contributed by atoms with E-state index in [4.69, 9.17) is 23.2 Å². The molecule has 1 aliphatic rings. The topological polar surface area (TPSA) is 78.9 Å². The first-order valence-electron chi connectivity index (χ1n) is 7.33. The van der Waals surface area contributed by atoms with E-state index in [-0.39, 0.29) is 11.4 Å². The number of carbonyl (C=O) groups is 2.